The molecule has 0 N–H and O–H groups in total. The van der Waals surface area contributed by atoms with Crippen LogP contribution in [0.1, 0.15) is 45.8 Å². The summed E-state index contributed by atoms with van der Waals surface area (Å²) in [4.78, 5) is 32.8. The van der Waals surface area contributed by atoms with E-state index in [-0.39, 0.29) is 22.3 Å². The molecule has 0 saturated heterocycles. The number of carbonyl (C=O) groups is 1. The Kier molecular flexibility index (Phi) is 4.43. The highest BCUT2D eigenvalue weighted by atomic mass is 19.1. The van der Waals surface area contributed by atoms with Crippen molar-refractivity contribution in [1.82, 2.24) is 4.98 Å². The molecule has 1 aliphatic rings. The number of fused-ring (bicyclic) bond motifs is 2. The van der Waals surface area contributed by atoms with Gasteiger partial charge in [0.1, 0.15) is 17.2 Å². The van der Waals surface area contributed by atoms with Crippen molar-refractivity contribution in [2.75, 3.05) is 4.90 Å². The minimum absolute atomic E-state index is 0.0306. The molecule has 0 bridgehead atoms. The first-order chi connectivity index (χ1) is 15.0. The van der Waals surface area contributed by atoms with E-state index >= 15 is 0 Å². The van der Waals surface area contributed by atoms with E-state index in [1.165, 1.54) is 17.0 Å². The number of aromatic nitrogens is 1. The molecule has 0 aliphatic carbocycles. The van der Waals surface area contributed by atoms with Gasteiger partial charge in [-0.25, -0.2) is 9.37 Å². The molecule has 5 rings (SSSR count). The van der Waals surface area contributed by atoms with Gasteiger partial charge in [-0.3, -0.25) is 14.5 Å². The highest BCUT2D eigenvalue weighted by Crippen LogP contribution is 2.40. The molecule has 154 valence electrons. The summed E-state index contributed by atoms with van der Waals surface area (Å²) in [6.45, 7) is 3.96. The number of benzene rings is 2. The van der Waals surface area contributed by atoms with Crippen LogP contribution in [-0.2, 0) is 6.42 Å². The summed E-state index contributed by atoms with van der Waals surface area (Å²) in [5.41, 5.74) is 2.80. The molecule has 5 nitrogen and oxygen atoms in total. The Bertz CT molecular complexity index is 1390. The first-order valence-electron chi connectivity index (χ1n) is 10.1. The summed E-state index contributed by atoms with van der Waals surface area (Å²) in [5, 5.41) is 0.112. The van der Waals surface area contributed by atoms with Gasteiger partial charge in [0.15, 0.2) is 5.43 Å². The molecule has 31 heavy (non-hydrogen) atoms. The van der Waals surface area contributed by atoms with E-state index in [1.807, 2.05) is 37.3 Å². The predicted molar refractivity (Wildman–Crippen MR) is 116 cm³/mol. The molecule has 0 saturated carbocycles. The van der Waals surface area contributed by atoms with E-state index in [0.717, 1.165) is 29.2 Å². The van der Waals surface area contributed by atoms with Gasteiger partial charge in [0.25, 0.3) is 5.91 Å². The molecule has 2 aromatic carbocycles. The molecule has 0 spiro atoms. The normalized spacial score (nSPS) is 15.5. The van der Waals surface area contributed by atoms with Crippen molar-refractivity contribution < 1.29 is 13.6 Å². The van der Waals surface area contributed by atoms with Crippen molar-refractivity contribution in [3.8, 4) is 0 Å². The predicted octanol–water partition coefficient (Wildman–Crippen LogP) is 4.95. The fraction of sp³-hybridized carbons (Fsp3) is 0.160. The minimum Gasteiger partial charge on any atom is -0.450 e. The summed E-state index contributed by atoms with van der Waals surface area (Å²) >= 11 is 0. The fourth-order valence-corrected chi connectivity index (χ4v) is 4.08. The Morgan fingerprint density at radius 1 is 1.06 bits per heavy atom. The van der Waals surface area contributed by atoms with E-state index in [1.54, 1.807) is 12.3 Å². The van der Waals surface area contributed by atoms with Gasteiger partial charge in [-0.1, -0.05) is 31.2 Å². The Balaban J connectivity index is 1.80. The Labute approximate surface area is 177 Å². The van der Waals surface area contributed by atoms with Crippen molar-refractivity contribution in [3.63, 3.8) is 0 Å². The maximum Gasteiger partial charge on any atom is 0.296 e. The number of anilines is 1. The Morgan fingerprint density at radius 3 is 2.55 bits per heavy atom. The maximum absolute atomic E-state index is 13.9. The highest BCUT2D eigenvalue weighted by molar-refractivity contribution is 6.10. The summed E-state index contributed by atoms with van der Waals surface area (Å²) in [7, 11) is 0. The third kappa shape index (κ3) is 3.03. The molecular weight excluding hydrogens is 395 g/mol. The zero-order valence-corrected chi connectivity index (χ0v) is 17.1. The average molecular weight is 414 g/mol. The summed E-state index contributed by atoms with van der Waals surface area (Å²) in [6, 6.07) is 14.4. The van der Waals surface area contributed by atoms with Crippen LogP contribution in [0.15, 0.2) is 70.0 Å². The third-order valence-electron chi connectivity index (χ3n) is 5.68. The van der Waals surface area contributed by atoms with Gasteiger partial charge in [0.05, 0.1) is 17.0 Å². The van der Waals surface area contributed by atoms with Crippen LogP contribution in [0, 0.1) is 12.7 Å². The van der Waals surface area contributed by atoms with Crippen LogP contribution >= 0.6 is 0 Å². The number of aryl methyl sites for hydroxylation is 2. The molecule has 3 heterocycles. The molecule has 2 aromatic heterocycles. The number of amides is 1. The quantitative estimate of drug-likeness (QED) is 0.476. The lowest BCUT2D eigenvalue weighted by atomic mass is 9.97. The topological polar surface area (TPSA) is 63.4 Å². The number of hydrogen-bond acceptors (Lipinski definition) is 4. The fourth-order valence-electron chi connectivity index (χ4n) is 4.08. The van der Waals surface area contributed by atoms with E-state index < -0.39 is 23.2 Å². The van der Waals surface area contributed by atoms with E-state index in [0.29, 0.717) is 5.82 Å². The Hall–Kier alpha value is -3.80. The van der Waals surface area contributed by atoms with Crippen LogP contribution in [0.3, 0.4) is 0 Å². The lowest BCUT2D eigenvalue weighted by Gasteiger charge is -2.24. The highest BCUT2D eigenvalue weighted by Gasteiger charge is 2.44. The lowest BCUT2D eigenvalue weighted by Crippen LogP contribution is -2.30. The van der Waals surface area contributed by atoms with E-state index in [4.69, 9.17) is 4.42 Å². The maximum atomic E-state index is 13.9. The van der Waals surface area contributed by atoms with Crippen LogP contribution < -0.4 is 10.3 Å². The number of rotatable bonds is 3. The van der Waals surface area contributed by atoms with Crippen molar-refractivity contribution in [2.45, 2.75) is 26.3 Å². The summed E-state index contributed by atoms with van der Waals surface area (Å²) < 4.78 is 19.7. The summed E-state index contributed by atoms with van der Waals surface area (Å²) in [5.74, 6) is -0.585. The number of pyridine rings is 1. The zero-order valence-electron chi connectivity index (χ0n) is 17.1. The van der Waals surface area contributed by atoms with Gasteiger partial charge in [0.2, 0.25) is 5.76 Å². The SMILES string of the molecule is CCc1ccc(C2c3c(oc4ccc(F)cc4c3=O)C(=O)N2c2cc(C)ccn2)cc1. The van der Waals surface area contributed by atoms with Crippen LogP contribution in [0.2, 0.25) is 0 Å². The minimum atomic E-state index is -0.716. The molecular formula is C25H19FN2O3. The van der Waals surface area contributed by atoms with Crippen molar-refractivity contribution in [2.24, 2.45) is 0 Å². The second kappa shape index (κ2) is 7.16. The number of hydrogen-bond donors (Lipinski definition) is 0. The smallest absolute Gasteiger partial charge is 0.296 e. The van der Waals surface area contributed by atoms with Crippen molar-refractivity contribution >= 4 is 22.7 Å². The van der Waals surface area contributed by atoms with Gasteiger partial charge in [-0.05, 0) is 60.4 Å². The van der Waals surface area contributed by atoms with Crippen LogP contribution in [0.5, 0.6) is 0 Å². The molecule has 4 aromatic rings. The molecule has 0 radical (unpaired) electrons. The second-order valence-corrected chi connectivity index (χ2v) is 7.68. The van der Waals surface area contributed by atoms with Gasteiger partial charge < -0.3 is 4.42 Å². The van der Waals surface area contributed by atoms with Gasteiger partial charge >= 0.3 is 0 Å². The molecule has 6 heteroatoms. The standard InChI is InChI=1S/C25H19FN2O3/c1-3-15-4-6-16(7-5-15)22-21-23(29)18-13-17(26)8-9-19(18)31-24(21)25(30)28(22)20-12-14(2)10-11-27-20/h4-13,22H,3H2,1-2H3. The molecule has 1 aliphatic heterocycles. The Morgan fingerprint density at radius 2 is 1.84 bits per heavy atom. The molecule has 1 amide bonds. The summed E-state index contributed by atoms with van der Waals surface area (Å²) in [6.07, 6.45) is 2.50. The monoisotopic (exact) mass is 414 g/mol. The van der Waals surface area contributed by atoms with Crippen LogP contribution in [0.25, 0.3) is 11.0 Å². The molecule has 0 fully saturated rings. The number of carbonyl (C=O) groups excluding carboxylic acids is 1. The first kappa shape index (κ1) is 19.2. The largest absolute Gasteiger partial charge is 0.450 e. The van der Waals surface area contributed by atoms with E-state index in [2.05, 4.69) is 11.9 Å². The molecule has 1 atom stereocenters. The van der Waals surface area contributed by atoms with Crippen molar-refractivity contribution in [3.05, 3.63) is 105 Å². The van der Waals surface area contributed by atoms with Crippen LogP contribution in [-0.4, -0.2) is 10.9 Å². The van der Waals surface area contributed by atoms with Gasteiger partial charge in [-0.2, -0.15) is 0 Å². The first-order valence-corrected chi connectivity index (χ1v) is 10.1. The number of halogens is 1. The van der Waals surface area contributed by atoms with E-state index in [9.17, 15) is 14.0 Å². The van der Waals surface area contributed by atoms with Gasteiger partial charge in [-0.15, -0.1) is 0 Å². The van der Waals surface area contributed by atoms with Crippen molar-refractivity contribution in [1.29, 1.82) is 0 Å². The molecule has 1 unspecified atom stereocenters. The zero-order chi connectivity index (χ0) is 21.7. The second-order valence-electron chi connectivity index (χ2n) is 7.68. The third-order valence-corrected chi connectivity index (χ3v) is 5.68. The lowest BCUT2D eigenvalue weighted by molar-refractivity contribution is 0.0970. The van der Waals surface area contributed by atoms with Crippen LogP contribution in [0.4, 0.5) is 10.2 Å². The average Bonchev–Trinajstić information content (AvgIpc) is 3.07. The van der Waals surface area contributed by atoms with Gasteiger partial charge in [0, 0.05) is 6.20 Å². The number of nitrogens with zero attached hydrogens (tertiary/aromatic N) is 2.